The average molecular weight is 427 g/mol. The lowest BCUT2D eigenvalue weighted by Gasteiger charge is -2.10. The van der Waals surface area contributed by atoms with E-state index < -0.39 is 23.5 Å². The minimum absolute atomic E-state index is 0.0711. The van der Waals surface area contributed by atoms with E-state index in [1.807, 2.05) is 0 Å². The summed E-state index contributed by atoms with van der Waals surface area (Å²) in [4.78, 5) is 28.5. The van der Waals surface area contributed by atoms with Crippen molar-refractivity contribution in [2.24, 2.45) is 5.92 Å². The van der Waals surface area contributed by atoms with Crippen LogP contribution < -0.4 is 5.32 Å². The number of nitrogens with one attached hydrogen (secondary N) is 1. The van der Waals surface area contributed by atoms with E-state index in [1.165, 1.54) is 37.6 Å². The van der Waals surface area contributed by atoms with Gasteiger partial charge in [0.05, 0.1) is 19.2 Å². The van der Waals surface area contributed by atoms with Crippen molar-refractivity contribution in [3.63, 3.8) is 0 Å². The van der Waals surface area contributed by atoms with Gasteiger partial charge in [0.2, 0.25) is 0 Å². The van der Waals surface area contributed by atoms with Gasteiger partial charge in [0, 0.05) is 24.0 Å². The molecule has 0 saturated heterocycles. The van der Waals surface area contributed by atoms with Crippen LogP contribution in [0.15, 0.2) is 48.8 Å². The summed E-state index contributed by atoms with van der Waals surface area (Å²) in [6.45, 7) is 4.19. The number of rotatable bonds is 7. The minimum atomic E-state index is -0.675. The molecule has 1 N–H and O–H groups in total. The average Bonchev–Trinajstić information content (AvgIpc) is 3.11. The second-order valence-corrected chi connectivity index (χ2v) is 7.57. The molecule has 1 amide bonds. The number of methoxy groups -OCH3 is 1. The molecule has 8 heteroatoms. The zero-order chi connectivity index (χ0) is 22.5. The molecule has 0 fully saturated rings. The first kappa shape index (κ1) is 22.1. The number of amides is 1. The van der Waals surface area contributed by atoms with E-state index in [9.17, 15) is 18.4 Å². The van der Waals surface area contributed by atoms with Gasteiger partial charge in [0.25, 0.3) is 5.91 Å². The van der Waals surface area contributed by atoms with Crippen molar-refractivity contribution in [2.75, 3.05) is 12.4 Å². The fourth-order valence-electron chi connectivity index (χ4n) is 3.20. The predicted molar refractivity (Wildman–Crippen MR) is 112 cm³/mol. The summed E-state index contributed by atoms with van der Waals surface area (Å²) < 4.78 is 33.7. The van der Waals surface area contributed by atoms with Gasteiger partial charge in [-0.15, -0.1) is 0 Å². The molecule has 31 heavy (non-hydrogen) atoms. The molecule has 2 heterocycles. The zero-order valence-corrected chi connectivity index (χ0v) is 17.5. The van der Waals surface area contributed by atoms with Crippen LogP contribution in [0.4, 0.5) is 14.6 Å². The molecule has 0 aliphatic rings. The molecule has 0 radical (unpaired) electrons. The molecule has 0 bridgehead atoms. The van der Waals surface area contributed by atoms with Crippen molar-refractivity contribution in [3.8, 4) is 0 Å². The van der Waals surface area contributed by atoms with Crippen LogP contribution in [0.5, 0.6) is 0 Å². The Morgan fingerprint density at radius 1 is 1.16 bits per heavy atom. The molecule has 0 aliphatic heterocycles. The quantitative estimate of drug-likeness (QED) is 0.566. The lowest BCUT2D eigenvalue weighted by atomic mass is 10.1. The molecule has 0 unspecified atom stereocenters. The number of anilines is 1. The fourth-order valence-corrected chi connectivity index (χ4v) is 3.20. The third-order valence-corrected chi connectivity index (χ3v) is 4.61. The molecular weight excluding hydrogens is 404 g/mol. The standard InChI is InChI=1S/C23H23F2N3O3/c1-14(2)8-15-9-20(28(12-15)13-17-4-6-18(24)10-19(17)25)22(29)27-21-7-5-16(11-26-21)23(30)31-3/h4-7,9-12,14H,8,13H2,1-3H3,(H,26,27,29). The topological polar surface area (TPSA) is 73.2 Å². The predicted octanol–water partition coefficient (Wildman–Crippen LogP) is 4.45. The number of ether oxygens (including phenoxy) is 1. The normalized spacial score (nSPS) is 10.9. The van der Waals surface area contributed by atoms with Gasteiger partial charge in [0.1, 0.15) is 23.1 Å². The molecule has 3 aromatic rings. The van der Waals surface area contributed by atoms with E-state index >= 15 is 0 Å². The summed E-state index contributed by atoms with van der Waals surface area (Å²) in [5.41, 5.74) is 1.77. The number of nitrogens with zero attached hydrogens (tertiary/aromatic N) is 2. The molecule has 0 spiro atoms. The van der Waals surface area contributed by atoms with E-state index in [2.05, 4.69) is 28.9 Å². The van der Waals surface area contributed by atoms with Crippen LogP contribution in [0.3, 0.4) is 0 Å². The maximum absolute atomic E-state index is 14.2. The number of esters is 1. The van der Waals surface area contributed by atoms with Crippen molar-refractivity contribution in [1.82, 2.24) is 9.55 Å². The Bertz CT molecular complexity index is 1090. The van der Waals surface area contributed by atoms with E-state index in [0.29, 0.717) is 11.6 Å². The van der Waals surface area contributed by atoms with Crippen molar-refractivity contribution in [1.29, 1.82) is 0 Å². The summed E-state index contributed by atoms with van der Waals surface area (Å²) in [6, 6.07) is 8.10. The minimum Gasteiger partial charge on any atom is -0.465 e. The van der Waals surface area contributed by atoms with Crippen molar-refractivity contribution in [2.45, 2.75) is 26.8 Å². The SMILES string of the molecule is COC(=O)c1ccc(NC(=O)c2cc(CC(C)C)cn2Cc2ccc(F)cc2F)nc1. The third-order valence-electron chi connectivity index (χ3n) is 4.61. The van der Waals surface area contributed by atoms with Crippen LogP contribution in [-0.4, -0.2) is 28.5 Å². The summed E-state index contributed by atoms with van der Waals surface area (Å²) in [6.07, 6.45) is 3.84. The molecule has 1 aromatic carbocycles. The summed E-state index contributed by atoms with van der Waals surface area (Å²) >= 11 is 0. The van der Waals surface area contributed by atoms with Gasteiger partial charge in [-0.05, 0) is 42.2 Å². The Hall–Kier alpha value is -3.55. The van der Waals surface area contributed by atoms with Crippen LogP contribution in [0.2, 0.25) is 0 Å². The highest BCUT2D eigenvalue weighted by Gasteiger charge is 2.17. The van der Waals surface area contributed by atoms with Gasteiger partial charge in [-0.25, -0.2) is 18.6 Å². The monoisotopic (exact) mass is 427 g/mol. The van der Waals surface area contributed by atoms with Crippen molar-refractivity contribution < 1.29 is 23.1 Å². The Morgan fingerprint density at radius 3 is 2.55 bits per heavy atom. The largest absolute Gasteiger partial charge is 0.465 e. The third kappa shape index (κ3) is 5.53. The zero-order valence-electron chi connectivity index (χ0n) is 17.5. The van der Waals surface area contributed by atoms with Crippen LogP contribution >= 0.6 is 0 Å². The molecule has 6 nitrogen and oxygen atoms in total. The van der Waals surface area contributed by atoms with Crippen LogP contribution in [0.1, 0.15) is 45.8 Å². The Morgan fingerprint density at radius 2 is 1.94 bits per heavy atom. The number of benzene rings is 1. The summed E-state index contributed by atoms with van der Waals surface area (Å²) in [5, 5.41) is 2.68. The highest BCUT2D eigenvalue weighted by molar-refractivity contribution is 6.03. The number of halogens is 2. The molecule has 162 valence electrons. The lowest BCUT2D eigenvalue weighted by molar-refractivity contribution is 0.0600. The molecule has 0 saturated carbocycles. The molecule has 2 aromatic heterocycles. The fraction of sp³-hybridized carbons (Fsp3) is 0.261. The van der Waals surface area contributed by atoms with Gasteiger partial charge >= 0.3 is 5.97 Å². The molecule has 0 atom stereocenters. The molecular formula is C23H23F2N3O3. The van der Waals surface area contributed by atoms with Crippen LogP contribution in [0, 0.1) is 17.6 Å². The van der Waals surface area contributed by atoms with Gasteiger partial charge < -0.3 is 14.6 Å². The second kappa shape index (κ2) is 9.51. The van der Waals surface area contributed by atoms with Crippen molar-refractivity contribution >= 4 is 17.7 Å². The maximum atomic E-state index is 14.2. The van der Waals surface area contributed by atoms with Crippen LogP contribution in [0.25, 0.3) is 0 Å². The Kier molecular flexibility index (Phi) is 6.79. The van der Waals surface area contributed by atoms with Gasteiger partial charge in [-0.2, -0.15) is 0 Å². The van der Waals surface area contributed by atoms with E-state index in [4.69, 9.17) is 0 Å². The van der Waals surface area contributed by atoms with E-state index in [-0.39, 0.29) is 23.5 Å². The van der Waals surface area contributed by atoms with Gasteiger partial charge in [-0.3, -0.25) is 4.79 Å². The maximum Gasteiger partial charge on any atom is 0.339 e. The van der Waals surface area contributed by atoms with E-state index in [1.54, 1.807) is 16.8 Å². The first-order chi connectivity index (χ1) is 14.8. The highest BCUT2D eigenvalue weighted by atomic mass is 19.1. The Labute approximate surface area is 178 Å². The molecule has 0 aliphatic carbocycles. The lowest BCUT2D eigenvalue weighted by Crippen LogP contribution is -2.18. The number of carbonyl (C=O) groups excluding carboxylic acids is 2. The number of aromatic nitrogens is 2. The van der Waals surface area contributed by atoms with Crippen molar-refractivity contribution in [3.05, 3.63) is 82.8 Å². The number of hydrogen-bond donors (Lipinski definition) is 1. The Balaban J connectivity index is 1.86. The second-order valence-electron chi connectivity index (χ2n) is 7.57. The number of carbonyl (C=O) groups is 2. The number of hydrogen-bond acceptors (Lipinski definition) is 4. The van der Waals surface area contributed by atoms with E-state index in [0.717, 1.165) is 18.1 Å². The van der Waals surface area contributed by atoms with Gasteiger partial charge in [-0.1, -0.05) is 19.9 Å². The summed E-state index contributed by atoms with van der Waals surface area (Å²) in [5.74, 6) is -1.68. The highest BCUT2D eigenvalue weighted by Crippen LogP contribution is 2.19. The first-order valence-corrected chi connectivity index (χ1v) is 9.75. The number of pyridine rings is 1. The van der Waals surface area contributed by atoms with Gasteiger partial charge in [0.15, 0.2) is 0 Å². The summed E-state index contributed by atoms with van der Waals surface area (Å²) in [7, 11) is 1.27. The van der Waals surface area contributed by atoms with Crippen LogP contribution in [-0.2, 0) is 17.7 Å². The smallest absolute Gasteiger partial charge is 0.339 e. The molecule has 3 rings (SSSR count). The first-order valence-electron chi connectivity index (χ1n) is 9.75.